The van der Waals surface area contributed by atoms with Crippen molar-refractivity contribution >= 4 is 60.8 Å². The van der Waals surface area contributed by atoms with Crippen LogP contribution in [0.25, 0.3) is 105 Å². The van der Waals surface area contributed by atoms with Gasteiger partial charge >= 0.3 is 0 Å². The van der Waals surface area contributed by atoms with Crippen LogP contribution in [0.4, 0.5) is 17.1 Å². The van der Waals surface area contributed by atoms with Crippen LogP contribution in [0.15, 0.2) is 271 Å². The number of fused-ring (bicyclic) bond motifs is 6. The highest BCUT2D eigenvalue weighted by molar-refractivity contribution is 6.16. The van der Waals surface area contributed by atoms with E-state index in [2.05, 4.69) is 264 Å². The van der Waals surface area contributed by atoms with Gasteiger partial charge in [-0.2, -0.15) is 0 Å². The third-order valence-corrected chi connectivity index (χ3v) is 13.6. The standard InChI is InChI=1S/C66H44N2O/c1-3-15-45(16-4-1)47-29-31-48(32-30-47)50-35-39-54(40-36-50)67(53-37-33-49(34-38-53)46-17-5-2-6-18-46)61-25-10-7-21-56(61)51-19-13-20-52(43-51)57-24-14-27-63-66(57)59-23-8-11-26-62(59)68(63)55-41-42-65-60(44-55)58-22-9-12-28-64(58)69-65/h1-44H. The SMILES string of the molecule is c1ccc(-c2ccc(-c3ccc(N(c4ccc(-c5ccccc5)cc4)c4ccccc4-c4cccc(-c5cccc6c5c5ccccc5n6-c5ccc6oc7ccccc7c6c5)c4)cc3)cc2)cc1. The predicted molar refractivity (Wildman–Crippen MR) is 290 cm³/mol. The van der Waals surface area contributed by atoms with E-state index in [1.807, 2.05) is 12.1 Å². The maximum absolute atomic E-state index is 6.24. The van der Waals surface area contributed by atoms with Crippen molar-refractivity contribution in [2.75, 3.05) is 4.90 Å². The number of furan rings is 1. The lowest BCUT2D eigenvalue weighted by Gasteiger charge is -2.28. The Morgan fingerprint density at radius 3 is 1.42 bits per heavy atom. The zero-order chi connectivity index (χ0) is 45.7. The Kier molecular flexibility index (Phi) is 9.84. The zero-order valence-corrected chi connectivity index (χ0v) is 37.7. The van der Waals surface area contributed by atoms with Gasteiger partial charge in [0.05, 0.1) is 16.7 Å². The third-order valence-electron chi connectivity index (χ3n) is 13.6. The molecule has 13 rings (SSSR count). The molecule has 324 valence electrons. The summed E-state index contributed by atoms with van der Waals surface area (Å²) in [6.45, 7) is 0. The quantitative estimate of drug-likeness (QED) is 0.144. The molecule has 2 heterocycles. The summed E-state index contributed by atoms with van der Waals surface area (Å²) in [5.74, 6) is 0. The van der Waals surface area contributed by atoms with E-state index < -0.39 is 0 Å². The molecule has 3 nitrogen and oxygen atoms in total. The van der Waals surface area contributed by atoms with E-state index in [0.29, 0.717) is 0 Å². The molecule has 11 aromatic carbocycles. The van der Waals surface area contributed by atoms with E-state index in [1.54, 1.807) is 0 Å². The summed E-state index contributed by atoms with van der Waals surface area (Å²) in [5, 5.41) is 4.68. The number of hydrogen-bond acceptors (Lipinski definition) is 2. The molecule has 0 aliphatic heterocycles. The Bertz CT molecular complexity index is 3980. The van der Waals surface area contributed by atoms with Crippen molar-refractivity contribution in [2.45, 2.75) is 0 Å². The summed E-state index contributed by atoms with van der Waals surface area (Å²) in [6.07, 6.45) is 0. The van der Waals surface area contributed by atoms with Crippen LogP contribution in [0.3, 0.4) is 0 Å². The van der Waals surface area contributed by atoms with Gasteiger partial charge in [-0.15, -0.1) is 0 Å². The first-order chi connectivity index (χ1) is 34.2. The minimum Gasteiger partial charge on any atom is -0.456 e. The average Bonchev–Trinajstić information content (AvgIpc) is 3.98. The van der Waals surface area contributed by atoms with Crippen LogP contribution in [0.1, 0.15) is 0 Å². The summed E-state index contributed by atoms with van der Waals surface area (Å²) >= 11 is 0. The average molecular weight is 881 g/mol. The highest BCUT2D eigenvalue weighted by Crippen LogP contribution is 2.45. The number of aromatic nitrogens is 1. The smallest absolute Gasteiger partial charge is 0.135 e. The highest BCUT2D eigenvalue weighted by atomic mass is 16.3. The number of hydrogen-bond donors (Lipinski definition) is 0. The fraction of sp³-hybridized carbons (Fsp3) is 0. The van der Waals surface area contributed by atoms with Crippen molar-refractivity contribution in [3.63, 3.8) is 0 Å². The predicted octanol–water partition coefficient (Wildman–Crippen LogP) is 18.5. The van der Waals surface area contributed by atoms with Gasteiger partial charge < -0.3 is 13.9 Å². The number of para-hydroxylation sites is 3. The molecule has 0 radical (unpaired) electrons. The van der Waals surface area contributed by atoms with E-state index in [9.17, 15) is 0 Å². The van der Waals surface area contributed by atoms with Crippen molar-refractivity contribution in [2.24, 2.45) is 0 Å². The topological polar surface area (TPSA) is 21.3 Å². The van der Waals surface area contributed by atoms with E-state index in [1.165, 1.54) is 49.7 Å². The molecular weight excluding hydrogens is 837 g/mol. The van der Waals surface area contributed by atoms with Crippen molar-refractivity contribution in [3.05, 3.63) is 267 Å². The summed E-state index contributed by atoms with van der Waals surface area (Å²) < 4.78 is 8.65. The van der Waals surface area contributed by atoms with Crippen LogP contribution in [-0.2, 0) is 0 Å². The molecule has 13 aromatic rings. The second-order valence-electron chi connectivity index (χ2n) is 17.7. The number of anilines is 3. The molecule has 3 heteroatoms. The first-order valence-corrected chi connectivity index (χ1v) is 23.6. The second kappa shape index (κ2) is 16.9. The molecule has 2 aromatic heterocycles. The molecule has 0 saturated carbocycles. The number of nitrogens with zero attached hydrogens (tertiary/aromatic N) is 2. The Morgan fingerprint density at radius 1 is 0.290 bits per heavy atom. The molecule has 0 aliphatic carbocycles. The van der Waals surface area contributed by atoms with Crippen LogP contribution in [-0.4, -0.2) is 4.57 Å². The lowest BCUT2D eigenvalue weighted by atomic mass is 9.94. The fourth-order valence-electron chi connectivity index (χ4n) is 10.3. The highest BCUT2D eigenvalue weighted by Gasteiger charge is 2.21. The summed E-state index contributed by atoms with van der Waals surface area (Å²) in [4.78, 5) is 2.40. The Labute approximate surface area is 401 Å². The lowest BCUT2D eigenvalue weighted by Crippen LogP contribution is -2.11. The Balaban J connectivity index is 0.915. The molecule has 0 bridgehead atoms. The van der Waals surface area contributed by atoms with E-state index >= 15 is 0 Å². The van der Waals surface area contributed by atoms with Gasteiger partial charge in [-0.3, -0.25) is 0 Å². The molecule has 0 amide bonds. The molecule has 0 aliphatic rings. The molecule has 0 fully saturated rings. The largest absolute Gasteiger partial charge is 0.456 e. The minimum atomic E-state index is 0.892. The number of benzene rings is 11. The summed E-state index contributed by atoms with van der Waals surface area (Å²) in [6, 6.07) is 96.2. The van der Waals surface area contributed by atoms with Gasteiger partial charge in [-0.05, 0) is 123 Å². The van der Waals surface area contributed by atoms with Crippen molar-refractivity contribution in [3.8, 4) is 61.3 Å². The fourth-order valence-corrected chi connectivity index (χ4v) is 10.3. The molecule has 0 spiro atoms. The normalized spacial score (nSPS) is 11.5. The zero-order valence-electron chi connectivity index (χ0n) is 37.7. The molecule has 0 atom stereocenters. The Morgan fingerprint density at radius 2 is 0.754 bits per heavy atom. The first-order valence-electron chi connectivity index (χ1n) is 23.6. The molecule has 0 unspecified atom stereocenters. The van der Waals surface area contributed by atoms with E-state index in [-0.39, 0.29) is 0 Å². The molecule has 69 heavy (non-hydrogen) atoms. The van der Waals surface area contributed by atoms with Crippen molar-refractivity contribution in [1.29, 1.82) is 0 Å². The van der Waals surface area contributed by atoms with Crippen molar-refractivity contribution in [1.82, 2.24) is 4.57 Å². The third kappa shape index (κ3) is 7.16. The van der Waals surface area contributed by atoms with Gasteiger partial charge in [-0.1, -0.05) is 194 Å². The van der Waals surface area contributed by atoms with Crippen LogP contribution < -0.4 is 4.90 Å². The maximum Gasteiger partial charge on any atom is 0.135 e. The summed E-state index contributed by atoms with van der Waals surface area (Å²) in [7, 11) is 0. The minimum absolute atomic E-state index is 0.892. The van der Waals surface area contributed by atoms with Gasteiger partial charge in [0.2, 0.25) is 0 Å². The summed E-state index contributed by atoms with van der Waals surface area (Å²) in [5.41, 5.74) is 20.3. The van der Waals surface area contributed by atoms with Crippen LogP contribution >= 0.6 is 0 Å². The van der Waals surface area contributed by atoms with Gasteiger partial charge in [0, 0.05) is 44.2 Å². The van der Waals surface area contributed by atoms with Gasteiger partial charge in [0.25, 0.3) is 0 Å². The lowest BCUT2D eigenvalue weighted by molar-refractivity contribution is 0.669. The van der Waals surface area contributed by atoms with Crippen LogP contribution in [0.5, 0.6) is 0 Å². The van der Waals surface area contributed by atoms with Gasteiger partial charge in [0.1, 0.15) is 11.2 Å². The molecular formula is C66H44N2O. The molecule has 0 saturated heterocycles. The second-order valence-corrected chi connectivity index (χ2v) is 17.7. The maximum atomic E-state index is 6.24. The number of rotatable bonds is 9. The first kappa shape index (κ1) is 40.1. The van der Waals surface area contributed by atoms with Gasteiger partial charge in [-0.25, -0.2) is 0 Å². The van der Waals surface area contributed by atoms with Crippen molar-refractivity contribution < 1.29 is 4.42 Å². The van der Waals surface area contributed by atoms with E-state index in [4.69, 9.17) is 4.42 Å². The Hall–Kier alpha value is -9.18. The van der Waals surface area contributed by atoms with E-state index in [0.717, 1.165) is 72.4 Å². The van der Waals surface area contributed by atoms with Gasteiger partial charge in [0.15, 0.2) is 0 Å². The monoisotopic (exact) mass is 880 g/mol. The van der Waals surface area contributed by atoms with Crippen LogP contribution in [0, 0.1) is 0 Å². The van der Waals surface area contributed by atoms with Crippen LogP contribution in [0.2, 0.25) is 0 Å². The molecule has 0 N–H and O–H groups in total.